The average molecular weight is 343 g/mol. The molecule has 0 atom stereocenters. The van der Waals surface area contributed by atoms with Gasteiger partial charge in [0.25, 0.3) is 0 Å². The van der Waals surface area contributed by atoms with Gasteiger partial charge in [-0.15, -0.1) is 11.3 Å². The third-order valence-electron chi connectivity index (χ3n) is 3.07. The molecule has 0 amide bonds. The number of Topliss-reactive ketones (excluding diaryl/α,β-unsaturated/α-hetero) is 1. The molecule has 2 rings (SSSR count). The van der Waals surface area contributed by atoms with E-state index >= 15 is 0 Å². The van der Waals surface area contributed by atoms with Gasteiger partial charge in [0.1, 0.15) is 0 Å². The number of thiazole rings is 1. The molecule has 0 aliphatic carbocycles. The summed E-state index contributed by atoms with van der Waals surface area (Å²) in [5.41, 5.74) is 1.52. The van der Waals surface area contributed by atoms with Crippen molar-refractivity contribution in [1.29, 1.82) is 0 Å². The zero-order valence-corrected chi connectivity index (χ0v) is 14.2. The highest BCUT2D eigenvalue weighted by molar-refractivity contribution is 7.09. The highest BCUT2D eigenvalue weighted by Crippen LogP contribution is 2.26. The number of aromatic nitrogens is 1. The predicted octanol–water partition coefficient (Wildman–Crippen LogP) is 4.46. The standard InChI is InChI=1S/C15H16Cl2N2OS/c1-10-18-11(9-21-10)8-19(2)7-6-14(20)12-4-3-5-13(16)15(12)17/h3-5,9H,6-8H2,1-2H3. The van der Waals surface area contributed by atoms with Gasteiger partial charge in [-0.25, -0.2) is 4.98 Å². The first-order chi connectivity index (χ1) is 9.97. The minimum Gasteiger partial charge on any atom is -0.300 e. The van der Waals surface area contributed by atoms with Crippen molar-refractivity contribution in [3.05, 3.63) is 49.9 Å². The van der Waals surface area contributed by atoms with Crippen molar-refractivity contribution in [3.63, 3.8) is 0 Å². The molecule has 0 N–H and O–H groups in total. The minimum atomic E-state index is 0.00353. The molecule has 0 aliphatic heterocycles. The van der Waals surface area contributed by atoms with Gasteiger partial charge >= 0.3 is 0 Å². The average Bonchev–Trinajstić information content (AvgIpc) is 2.84. The Balaban J connectivity index is 1.90. The lowest BCUT2D eigenvalue weighted by Gasteiger charge is -2.15. The van der Waals surface area contributed by atoms with Crippen LogP contribution >= 0.6 is 34.5 Å². The lowest BCUT2D eigenvalue weighted by molar-refractivity contribution is 0.0968. The maximum atomic E-state index is 12.2. The number of rotatable bonds is 6. The van der Waals surface area contributed by atoms with Gasteiger partial charge in [-0.1, -0.05) is 29.3 Å². The van der Waals surface area contributed by atoms with E-state index in [1.54, 1.807) is 29.5 Å². The van der Waals surface area contributed by atoms with Crippen LogP contribution in [0.3, 0.4) is 0 Å². The number of carbonyl (C=O) groups is 1. The summed E-state index contributed by atoms with van der Waals surface area (Å²) in [6, 6.07) is 5.13. The van der Waals surface area contributed by atoms with Crippen molar-refractivity contribution in [2.24, 2.45) is 0 Å². The van der Waals surface area contributed by atoms with Crippen LogP contribution < -0.4 is 0 Å². The summed E-state index contributed by atoms with van der Waals surface area (Å²) in [4.78, 5) is 18.7. The fourth-order valence-corrected chi connectivity index (χ4v) is 2.99. The fourth-order valence-electron chi connectivity index (χ4n) is 1.98. The molecular formula is C15H16Cl2N2OS. The normalized spacial score (nSPS) is 11.1. The molecule has 21 heavy (non-hydrogen) atoms. The Morgan fingerprint density at radius 3 is 2.81 bits per heavy atom. The third kappa shape index (κ3) is 4.51. The summed E-state index contributed by atoms with van der Waals surface area (Å²) in [5, 5.41) is 3.84. The smallest absolute Gasteiger partial charge is 0.165 e. The molecule has 0 fully saturated rings. The SMILES string of the molecule is Cc1nc(CN(C)CCC(=O)c2cccc(Cl)c2Cl)cs1. The highest BCUT2D eigenvalue weighted by atomic mass is 35.5. The van der Waals surface area contributed by atoms with E-state index in [9.17, 15) is 4.79 Å². The molecule has 1 heterocycles. The summed E-state index contributed by atoms with van der Waals surface area (Å²) < 4.78 is 0. The quantitative estimate of drug-likeness (QED) is 0.726. The van der Waals surface area contributed by atoms with Gasteiger partial charge in [0, 0.05) is 30.5 Å². The van der Waals surface area contributed by atoms with Crippen LogP contribution in [0.4, 0.5) is 0 Å². The lowest BCUT2D eigenvalue weighted by atomic mass is 10.1. The Hall–Kier alpha value is -0.940. The largest absolute Gasteiger partial charge is 0.300 e. The summed E-state index contributed by atoms with van der Waals surface area (Å²) in [7, 11) is 1.97. The first-order valence-electron chi connectivity index (χ1n) is 6.54. The van der Waals surface area contributed by atoms with Gasteiger partial charge < -0.3 is 4.90 Å². The van der Waals surface area contributed by atoms with Crippen LogP contribution in [0.5, 0.6) is 0 Å². The maximum Gasteiger partial charge on any atom is 0.165 e. The van der Waals surface area contributed by atoms with Crippen molar-refractivity contribution in [2.75, 3.05) is 13.6 Å². The molecule has 0 saturated carbocycles. The van der Waals surface area contributed by atoms with E-state index < -0.39 is 0 Å². The maximum absolute atomic E-state index is 12.2. The van der Waals surface area contributed by atoms with E-state index in [4.69, 9.17) is 23.2 Å². The molecule has 1 aromatic heterocycles. The van der Waals surface area contributed by atoms with Crippen LogP contribution in [0.1, 0.15) is 27.5 Å². The Labute approximate surface area is 138 Å². The lowest BCUT2D eigenvalue weighted by Crippen LogP contribution is -2.21. The first kappa shape index (κ1) is 16.4. The number of aryl methyl sites for hydroxylation is 1. The zero-order valence-electron chi connectivity index (χ0n) is 11.9. The molecule has 0 radical (unpaired) electrons. The molecule has 2 aromatic rings. The third-order valence-corrected chi connectivity index (χ3v) is 4.71. The van der Waals surface area contributed by atoms with Crippen LogP contribution in [-0.4, -0.2) is 29.3 Å². The van der Waals surface area contributed by atoms with E-state index in [1.807, 2.05) is 19.4 Å². The number of nitrogens with zero attached hydrogens (tertiary/aromatic N) is 2. The molecule has 6 heteroatoms. The Bertz CT molecular complexity index is 642. The van der Waals surface area contributed by atoms with E-state index in [-0.39, 0.29) is 5.78 Å². The number of hydrogen-bond acceptors (Lipinski definition) is 4. The monoisotopic (exact) mass is 342 g/mol. The Morgan fingerprint density at radius 2 is 2.14 bits per heavy atom. The number of hydrogen-bond donors (Lipinski definition) is 0. The first-order valence-corrected chi connectivity index (χ1v) is 8.17. The second kappa shape index (κ2) is 7.36. The van der Waals surface area contributed by atoms with Crippen LogP contribution in [0.2, 0.25) is 10.0 Å². The van der Waals surface area contributed by atoms with Gasteiger partial charge in [-0.3, -0.25) is 4.79 Å². The molecule has 3 nitrogen and oxygen atoms in total. The van der Waals surface area contributed by atoms with Gasteiger partial charge in [0.15, 0.2) is 5.78 Å². The van der Waals surface area contributed by atoms with Crippen LogP contribution in [0.15, 0.2) is 23.6 Å². The molecule has 112 valence electrons. The molecular weight excluding hydrogens is 327 g/mol. The molecule has 0 spiro atoms. The van der Waals surface area contributed by atoms with Gasteiger partial charge in [0.05, 0.1) is 20.7 Å². The van der Waals surface area contributed by atoms with Gasteiger partial charge in [0.2, 0.25) is 0 Å². The second-order valence-corrected chi connectivity index (χ2v) is 6.72. The highest BCUT2D eigenvalue weighted by Gasteiger charge is 2.13. The van der Waals surface area contributed by atoms with Crippen molar-refractivity contribution in [2.45, 2.75) is 19.9 Å². The zero-order chi connectivity index (χ0) is 15.4. The van der Waals surface area contributed by atoms with Crippen LogP contribution in [-0.2, 0) is 6.54 Å². The number of halogens is 2. The predicted molar refractivity (Wildman–Crippen MR) is 88.6 cm³/mol. The van der Waals surface area contributed by atoms with Crippen LogP contribution in [0.25, 0.3) is 0 Å². The van der Waals surface area contributed by atoms with Crippen molar-refractivity contribution in [1.82, 2.24) is 9.88 Å². The van der Waals surface area contributed by atoms with Gasteiger partial charge in [-0.05, 0) is 26.1 Å². The van der Waals surface area contributed by atoms with Crippen molar-refractivity contribution < 1.29 is 4.79 Å². The minimum absolute atomic E-state index is 0.00353. The summed E-state index contributed by atoms with van der Waals surface area (Å²) in [6.45, 7) is 3.37. The Morgan fingerprint density at radius 1 is 1.38 bits per heavy atom. The molecule has 1 aromatic carbocycles. The number of carbonyl (C=O) groups excluding carboxylic acids is 1. The summed E-state index contributed by atoms with van der Waals surface area (Å²) in [6.07, 6.45) is 0.402. The van der Waals surface area contributed by atoms with E-state index in [0.717, 1.165) is 17.2 Å². The van der Waals surface area contributed by atoms with Crippen molar-refractivity contribution in [3.8, 4) is 0 Å². The Kier molecular flexibility index (Phi) is 5.76. The number of benzene rings is 1. The second-order valence-electron chi connectivity index (χ2n) is 4.87. The van der Waals surface area contributed by atoms with E-state index in [0.29, 0.717) is 28.6 Å². The molecule has 0 aliphatic rings. The topological polar surface area (TPSA) is 33.2 Å². The summed E-state index contributed by atoms with van der Waals surface area (Å²) >= 11 is 13.6. The molecule has 0 unspecified atom stereocenters. The van der Waals surface area contributed by atoms with Gasteiger partial charge in [-0.2, -0.15) is 0 Å². The van der Waals surface area contributed by atoms with E-state index in [1.165, 1.54) is 0 Å². The van der Waals surface area contributed by atoms with Crippen LogP contribution in [0, 0.1) is 6.92 Å². The van der Waals surface area contributed by atoms with E-state index in [2.05, 4.69) is 9.88 Å². The number of ketones is 1. The fraction of sp³-hybridized carbons (Fsp3) is 0.333. The summed E-state index contributed by atoms with van der Waals surface area (Å²) in [5.74, 6) is 0.00353. The van der Waals surface area contributed by atoms with Crippen molar-refractivity contribution >= 4 is 40.3 Å². The molecule has 0 bridgehead atoms. The molecule has 0 saturated heterocycles.